The summed E-state index contributed by atoms with van der Waals surface area (Å²) in [6.07, 6.45) is 8.13. The summed E-state index contributed by atoms with van der Waals surface area (Å²) in [5, 5.41) is 3.29. The highest BCUT2D eigenvalue weighted by molar-refractivity contribution is 6.08. The lowest BCUT2D eigenvalue weighted by molar-refractivity contribution is -0.124. The van der Waals surface area contributed by atoms with Gasteiger partial charge in [-0.05, 0) is 31.9 Å². The number of carbonyl (C=O) groups is 1. The zero-order valence-electron chi connectivity index (χ0n) is 19.5. The highest BCUT2D eigenvalue weighted by Crippen LogP contribution is 2.46. The lowest BCUT2D eigenvalue weighted by atomic mass is 9.91. The van der Waals surface area contributed by atoms with E-state index in [1.54, 1.807) is 19.6 Å². The molecule has 1 aromatic carbocycles. The minimum atomic E-state index is -0.699. The maximum Gasteiger partial charge on any atom is 0.255 e. The smallest absolute Gasteiger partial charge is 0.255 e. The Balaban J connectivity index is 1.34. The summed E-state index contributed by atoms with van der Waals surface area (Å²) >= 11 is 0. The van der Waals surface area contributed by atoms with Crippen molar-refractivity contribution in [3.05, 3.63) is 42.6 Å². The first-order chi connectivity index (χ1) is 16.5. The molecule has 10 nitrogen and oxygen atoms in total. The number of imidazole rings is 1. The van der Waals surface area contributed by atoms with Crippen LogP contribution in [0.2, 0.25) is 0 Å². The van der Waals surface area contributed by atoms with Crippen LogP contribution in [-0.4, -0.2) is 64.4 Å². The van der Waals surface area contributed by atoms with Crippen LogP contribution >= 0.6 is 0 Å². The summed E-state index contributed by atoms with van der Waals surface area (Å²) in [4.78, 5) is 31.1. The molecule has 0 bridgehead atoms. The van der Waals surface area contributed by atoms with Gasteiger partial charge in [0.05, 0.1) is 37.6 Å². The van der Waals surface area contributed by atoms with Crippen LogP contribution in [0.3, 0.4) is 0 Å². The quantitative estimate of drug-likeness (QED) is 0.620. The molecule has 1 spiro atoms. The number of hydrogen-bond donors (Lipinski definition) is 1. The number of fused-ring (bicyclic) bond motifs is 1. The van der Waals surface area contributed by atoms with E-state index in [0.29, 0.717) is 31.3 Å². The molecule has 4 heterocycles. The van der Waals surface area contributed by atoms with E-state index in [9.17, 15) is 4.79 Å². The van der Waals surface area contributed by atoms with Crippen LogP contribution < -0.4 is 19.9 Å². The zero-order valence-corrected chi connectivity index (χ0v) is 19.5. The van der Waals surface area contributed by atoms with Gasteiger partial charge in [-0.2, -0.15) is 4.98 Å². The molecule has 0 radical (unpaired) electrons. The lowest BCUT2D eigenvalue weighted by Crippen LogP contribution is -2.63. The Labute approximate surface area is 197 Å². The largest absolute Gasteiger partial charge is 0.494 e. The van der Waals surface area contributed by atoms with E-state index in [-0.39, 0.29) is 11.9 Å². The molecule has 1 aliphatic carbocycles. The van der Waals surface area contributed by atoms with Gasteiger partial charge < -0.3 is 29.2 Å². The lowest BCUT2D eigenvalue weighted by Gasteiger charge is -2.46. The molecule has 1 unspecified atom stereocenters. The number of rotatable bonds is 5. The monoisotopic (exact) mass is 461 g/mol. The Hall–Kier alpha value is -3.66. The average Bonchev–Trinajstić information content (AvgIpc) is 3.37. The number of amides is 1. The fourth-order valence-corrected chi connectivity index (χ4v) is 4.86. The first-order valence-corrected chi connectivity index (χ1v) is 11.5. The number of methoxy groups -OCH3 is 1. The van der Waals surface area contributed by atoms with Crippen molar-refractivity contribution in [1.82, 2.24) is 19.5 Å². The van der Waals surface area contributed by atoms with Gasteiger partial charge in [-0.3, -0.25) is 4.79 Å². The van der Waals surface area contributed by atoms with Crippen molar-refractivity contribution in [1.29, 1.82) is 0 Å². The maximum atomic E-state index is 13.5. The topological polar surface area (TPSA) is 97.6 Å². The number of nitrogens with zero attached hydrogens (tertiary/aromatic N) is 6. The second kappa shape index (κ2) is 7.69. The summed E-state index contributed by atoms with van der Waals surface area (Å²) in [5.41, 5.74) is 2.68. The van der Waals surface area contributed by atoms with Crippen molar-refractivity contribution in [3.8, 4) is 11.4 Å². The van der Waals surface area contributed by atoms with E-state index >= 15 is 0 Å². The summed E-state index contributed by atoms with van der Waals surface area (Å²) in [7, 11) is 3.57. The third-order valence-corrected chi connectivity index (χ3v) is 6.92. The molecule has 2 aliphatic heterocycles. The predicted molar refractivity (Wildman–Crippen MR) is 127 cm³/mol. The molecule has 1 atom stereocenters. The number of likely N-dealkylation sites (N-methyl/N-ethyl adjacent to an activating group) is 1. The molecule has 1 amide bonds. The van der Waals surface area contributed by atoms with Crippen molar-refractivity contribution < 1.29 is 14.3 Å². The predicted octanol–water partition coefficient (Wildman–Crippen LogP) is 2.83. The number of anilines is 4. The van der Waals surface area contributed by atoms with Gasteiger partial charge >= 0.3 is 0 Å². The number of hydrogen-bond acceptors (Lipinski definition) is 8. The molecule has 2 aromatic heterocycles. The van der Waals surface area contributed by atoms with E-state index in [1.165, 1.54) is 0 Å². The maximum absolute atomic E-state index is 13.5. The molecule has 3 aliphatic rings. The molecule has 10 heteroatoms. The Kier molecular flexibility index (Phi) is 4.73. The van der Waals surface area contributed by atoms with Gasteiger partial charge in [0.25, 0.3) is 5.91 Å². The Bertz CT molecular complexity index is 1260. The average molecular weight is 462 g/mol. The van der Waals surface area contributed by atoms with Gasteiger partial charge in [0.1, 0.15) is 17.0 Å². The minimum Gasteiger partial charge on any atom is -0.494 e. The van der Waals surface area contributed by atoms with E-state index in [0.717, 1.165) is 41.4 Å². The molecule has 176 valence electrons. The second-order valence-electron chi connectivity index (χ2n) is 9.14. The van der Waals surface area contributed by atoms with Crippen LogP contribution in [0.25, 0.3) is 5.69 Å². The zero-order chi connectivity index (χ0) is 23.4. The Morgan fingerprint density at radius 2 is 2.09 bits per heavy atom. The van der Waals surface area contributed by atoms with E-state index < -0.39 is 5.54 Å². The van der Waals surface area contributed by atoms with E-state index in [2.05, 4.69) is 15.3 Å². The van der Waals surface area contributed by atoms with Crippen LogP contribution in [0.5, 0.6) is 5.75 Å². The first-order valence-electron chi connectivity index (χ1n) is 11.5. The number of benzene rings is 1. The van der Waals surface area contributed by atoms with Crippen LogP contribution in [0.15, 0.2) is 36.9 Å². The third kappa shape index (κ3) is 3.20. The molecule has 1 N–H and O–H groups in total. The van der Waals surface area contributed by atoms with Gasteiger partial charge in [0.15, 0.2) is 5.82 Å². The fraction of sp³-hybridized carbons (Fsp3) is 0.417. The van der Waals surface area contributed by atoms with Crippen molar-refractivity contribution in [2.45, 2.75) is 37.8 Å². The number of aromatic nitrogens is 4. The highest BCUT2D eigenvalue weighted by atomic mass is 16.5. The van der Waals surface area contributed by atoms with Crippen molar-refractivity contribution in [2.24, 2.45) is 0 Å². The molecule has 34 heavy (non-hydrogen) atoms. The van der Waals surface area contributed by atoms with Gasteiger partial charge in [-0.1, -0.05) is 0 Å². The van der Waals surface area contributed by atoms with Gasteiger partial charge in [0.2, 0.25) is 5.95 Å². The summed E-state index contributed by atoms with van der Waals surface area (Å²) in [6.45, 7) is 2.90. The molecule has 3 aromatic rings. The summed E-state index contributed by atoms with van der Waals surface area (Å²) in [6, 6.07) is 6.05. The van der Waals surface area contributed by atoms with Crippen LogP contribution in [0.1, 0.15) is 25.0 Å². The molecular formula is C24H27N7O3. The fourth-order valence-electron chi connectivity index (χ4n) is 4.86. The molecule has 1 saturated carbocycles. The summed E-state index contributed by atoms with van der Waals surface area (Å²) < 4.78 is 13.2. The van der Waals surface area contributed by atoms with Crippen LogP contribution in [0.4, 0.5) is 23.1 Å². The molecule has 1 saturated heterocycles. The number of nitrogens with one attached hydrogen (secondary N) is 1. The SMILES string of the molecule is COc1cc(Nc2ncc3c(n2)N(C)C2(CCOC2)C(=O)N3C2CC2)ccc1-n1cnc(C)c1. The normalized spacial score (nSPS) is 21.8. The van der Waals surface area contributed by atoms with Gasteiger partial charge in [-0.25, -0.2) is 9.97 Å². The standard InChI is InChI=1S/C24H27N7O3/c1-15-12-30(14-26-15)18-7-4-16(10-20(18)33-3)27-23-25-11-19-21(28-23)29(2)24(8-9-34-13-24)22(32)31(19)17-5-6-17/h4,7,10-12,14,17H,5-6,8-9,13H2,1-3H3,(H,25,27,28). The van der Waals surface area contributed by atoms with Gasteiger partial charge in [-0.15, -0.1) is 0 Å². The Morgan fingerprint density at radius 3 is 2.76 bits per heavy atom. The minimum absolute atomic E-state index is 0.0990. The first kappa shape index (κ1) is 20.9. The van der Waals surface area contributed by atoms with Crippen molar-refractivity contribution in [2.75, 3.05) is 42.5 Å². The summed E-state index contributed by atoms with van der Waals surface area (Å²) in [5.74, 6) is 2.00. The number of aryl methyl sites for hydroxylation is 1. The third-order valence-electron chi connectivity index (χ3n) is 6.92. The Morgan fingerprint density at radius 1 is 1.24 bits per heavy atom. The second-order valence-corrected chi connectivity index (χ2v) is 9.14. The molecule has 2 fully saturated rings. The number of carbonyl (C=O) groups excluding carboxylic acids is 1. The van der Waals surface area contributed by atoms with Crippen LogP contribution in [-0.2, 0) is 9.53 Å². The number of ether oxygens (including phenoxy) is 2. The van der Waals surface area contributed by atoms with Crippen molar-refractivity contribution >= 4 is 29.0 Å². The van der Waals surface area contributed by atoms with Gasteiger partial charge in [0, 0.05) is 44.1 Å². The van der Waals surface area contributed by atoms with Crippen LogP contribution in [0, 0.1) is 6.92 Å². The van der Waals surface area contributed by atoms with E-state index in [1.807, 2.05) is 52.7 Å². The van der Waals surface area contributed by atoms with Crippen molar-refractivity contribution in [3.63, 3.8) is 0 Å². The van der Waals surface area contributed by atoms with E-state index in [4.69, 9.17) is 14.5 Å². The highest BCUT2D eigenvalue weighted by Gasteiger charge is 2.55. The molecular weight excluding hydrogens is 434 g/mol. The molecule has 6 rings (SSSR count).